The molecule has 2 atom stereocenters. The standard InChI is InChI=1S/C18H16FN3O4/c1-25-11-7-13(17-20-4-5-21-17)22(9-11)18(24)16-8-14(23)12-3-2-10(19)6-15(12)26-16/h2-6,8,11,13H,7,9H2,1H3,(H,20,21)/t11-,13?/m1/s1. The Labute approximate surface area is 147 Å². The van der Waals surface area contributed by atoms with Crippen LogP contribution in [0, 0.1) is 5.82 Å². The van der Waals surface area contributed by atoms with Crippen LogP contribution in [0.15, 0.2) is 45.9 Å². The molecule has 8 heteroatoms. The molecular weight excluding hydrogens is 341 g/mol. The number of methoxy groups -OCH3 is 1. The average Bonchev–Trinajstić information content (AvgIpc) is 3.29. The van der Waals surface area contributed by atoms with Crippen LogP contribution in [0.4, 0.5) is 4.39 Å². The van der Waals surface area contributed by atoms with Crippen LogP contribution < -0.4 is 5.43 Å². The van der Waals surface area contributed by atoms with Crippen molar-refractivity contribution in [1.82, 2.24) is 14.9 Å². The van der Waals surface area contributed by atoms with Crippen LogP contribution in [0.2, 0.25) is 0 Å². The maximum Gasteiger partial charge on any atom is 0.290 e. The van der Waals surface area contributed by atoms with Crippen molar-refractivity contribution in [2.75, 3.05) is 13.7 Å². The van der Waals surface area contributed by atoms with Gasteiger partial charge in [0.15, 0.2) is 11.2 Å². The number of imidazole rings is 1. The van der Waals surface area contributed by atoms with Gasteiger partial charge in [-0.25, -0.2) is 9.37 Å². The van der Waals surface area contributed by atoms with E-state index in [-0.39, 0.29) is 28.9 Å². The summed E-state index contributed by atoms with van der Waals surface area (Å²) in [6, 6.07) is 4.43. The molecule has 1 aliphatic rings. The summed E-state index contributed by atoms with van der Waals surface area (Å²) in [6.07, 6.45) is 3.70. The highest BCUT2D eigenvalue weighted by Crippen LogP contribution is 2.32. The molecule has 3 heterocycles. The summed E-state index contributed by atoms with van der Waals surface area (Å²) in [7, 11) is 1.58. The van der Waals surface area contributed by atoms with Crippen LogP contribution in [-0.4, -0.2) is 40.5 Å². The molecule has 3 aromatic rings. The lowest BCUT2D eigenvalue weighted by Gasteiger charge is -2.22. The summed E-state index contributed by atoms with van der Waals surface area (Å²) < 4.78 is 24.4. The number of carbonyl (C=O) groups is 1. The van der Waals surface area contributed by atoms with E-state index in [9.17, 15) is 14.0 Å². The lowest BCUT2D eigenvalue weighted by molar-refractivity contribution is 0.0655. The van der Waals surface area contributed by atoms with Crippen LogP contribution in [0.3, 0.4) is 0 Å². The highest BCUT2D eigenvalue weighted by molar-refractivity contribution is 5.93. The Kier molecular flexibility index (Phi) is 4.04. The van der Waals surface area contributed by atoms with Gasteiger partial charge < -0.3 is 19.0 Å². The normalized spacial score (nSPS) is 20.0. The van der Waals surface area contributed by atoms with Crippen molar-refractivity contribution in [3.05, 3.63) is 64.3 Å². The number of hydrogen-bond acceptors (Lipinski definition) is 5. The van der Waals surface area contributed by atoms with Crippen molar-refractivity contribution in [2.45, 2.75) is 18.6 Å². The van der Waals surface area contributed by atoms with E-state index in [0.717, 1.165) is 12.1 Å². The smallest absolute Gasteiger partial charge is 0.290 e. The third kappa shape index (κ3) is 2.78. The Balaban J connectivity index is 1.74. The Morgan fingerprint density at radius 3 is 3.00 bits per heavy atom. The van der Waals surface area contributed by atoms with Crippen molar-refractivity contribution in [2.24, 2.45) is 0 Å². The minimum absolute atomic E-state index is 0.0397. The number of halogens is 1. The van der Waals surface area contributed by atoms with E-state index < -0.39 is 17.2 Å². The van der Waals surface area contributed by atoms with Crippen molar-refractivity contribution in [3.63, 3.8) is 0 Å². The van der Waals surface area contributed by atoms with Gasteiger partial charge in [0.1, 0.15) is 17.2 Å². The topological polar surface area (TPSA) is 88.4 Å². The molecule has 1 unspecified atom stereocenters. The van der Waals surface area contributed by atoms with Gasteiger partial charge in [-0.1, -0.05) is 0 Å². The van der Waals surface area contributed by atoms with E-state index in [1.807, 2.05) is 0 Å². The van der Waals surface area contributed by atoms with Gasteiger partial charge in [0.2, 0.25) is 0 Å². The number of nitrogens with zero attached hydrogens (tertiary/aromatic N) is 2. The summed E-state index contributed by atoms with van der Waals surface area (Å²) in [4.78, 5) is 34.0. The van der Waals surface area contributed by atoms with Crippen molar-refractivity contribution in [1.29, 1.82) is 0 Å². The fourth-order valence-electron chi connectivity index (χ4n) is 3.29. The Morgan fingerprint density at radius 2 is 2.27 bits per heavy atom. The van der Waals surface area contributed by atoms with Crippen molar-refractivity contribution < 1.29 is 18.3 Å². The summed E-state index contributed by atoms with van der Waals surface area (Å²) in [6.45, 7) is 0.339. The first-order chi connectivity index (χ1) is 12.6. The highest BCUT2D eigenvalue weighted by atomic mass is 19.1. The Bertz CT molecular complexity index is 1010. The van der Waals surface area contributed by atoms with Gasteiger partial charge in [0, 0.05) is 44.6 Å². The van der Waals surface area contributed by atoms with Crippen LogP contribution in [0.5, 0.6) is 0 Å². The molecule has 1 saturated heterocycles. The third-order valence-corrected chi connectivity index (χ3v) is 4.59. The van der Waals surface area contributed by atoms with E-state index in [1.165, 1.54) is 12.1 Å². The van der Waals surface area contributed by atoms with Gasteiger partial charge in [0.25, 0.3) is 5.91 Å². The number of likely N-dealkylation sites (tertiary alicyclic amines) is 1. The molecule has 0 saturated carbocycles. The average molecular weight is 357 g/mol. The van der Waals surface area contributed by atoms with Gasteiger partial charge in [-0.15, -0.1) is 0 Å². The molecule has 0 aliphatic carbocycles. The van der Waals surface area contributed by atoms with Gasteiger partial charge in [0.05, 0.1) is 17.5 Å². The second-order valence-electron chi connectivity index (χ2n) is 6.16. The summed E-state index contributed by atoms with van der Waals surface area (Å²) >= 11 is 0. The first kappa shape index (κ1) is 16.5. The van der Waals surface area contributed by atoms with Gasteiger partial charge in [-0.05, 0) is 12.1 Å². The van der Waals surface area contributed by atoms with Crippen molar-refractivity contribution in [3.8, 4) is 0 Å². The lowest BCUT2D eigenvalue weighted by Crippen LogP contribution is -2.33. The quantitative estimate of drug-likeness (QED) is 0.777. The molecule has 0 radical (unpaired) electrons. The molecule has 1 amide bonds. The molecule has 134 valence electrons. The van der Waals surface area contributed by atoms with Crippen LogP contribution in [0.1, 0.15) is 28.8 Å². The summed E-state index contributed by atoms with van der Waals surface area (Å²) in [5.41, 5.74) is -0.357. The minimum Gasteiger partial charge on any atom is -0.451 e. The van der Waals surface area contributed by atoms with E-state index in [2.05, 4.69) is 9.97 Å². The number of aromatic nitrogens is 2. The first-order valence-corrected chi connectivity index (χ1v) is 8.13. The van der Waals surface area contributed by atoms with Gasteiger partial charge in [-0.2, -0.15) is 0 Å². The predicted octanol–water partition coefficient (Wildman–Crippen LogP) is 2.26. The second kappa shape index (κ2) is 6.38. The Hall–Kier alpha value is -3.00. The number of rotatable bonds is 3. The maximum absolute atomic E-state index is 13.5. The lowest BCUT2D eigenvalue weighted by atomic mass is 10.1. The molecular formula is C18H16FN3O4. The molecule has 1 aromatic carbocycles. The zero-order valence-electron chi connectivity index (χ0n) is 13.9. The molecule has 1 N–H and O–H groups in total. The number of fused-ring (bicyclic) bond motifs is 1. The fraction of sp³-hybridized carbons (Fsp3) is 0.278. The first-order valence-electron chi connectivity index (χ1n) is 8.13. The van der Waals surface area contributed by atoms with Crippen LogP contribution in [-0.2, 0) is 4.74 Å². The van der Waals surface area contributed by atoms with E-state index in [1.54, 1.807) is 24.4 Å². The molecule has 1 aliphatic heterocycles. The predicted molar refractivity (Wildman–Crippen MR) is 90.2 cm³/mol. The zero-order valence-corrected chi connectivity index (χ0v) is 13.9. The molecule has 1 fully saturated rings. The number of amides is 1. The van der Waals surface area contributed by atoms with Gasteiger partial charge in [-0.3, -0.25) is 9.59 Å². The largest absolute Gasteiger partial charge is 0.451 e. The number of carbonyl (C=O) groups excluding carboxylic acids is 1. The monoisotopic (exact) mass is 357 g/mol. The number of aromatic amines is 1. The van der Waals surface area contributed by atoms with Crippen LogP contribution in [0.25, 0.3) is 11.0 Å². The summed E-state index contributed by atoms with van der Waals surface area (Å²) in [5.74, 6) is -0.512. The molecule has 26 heavy (non-hydrogen) atoms. The van der Waals surface area contributed by atoms with Crippen LogP contribution >= 0.6 is 0 Å². The maximum atomic E-state index is 13.5. The van der Waals surface area contributed by atoms with E-state index in [0.29, 0.717) is 18.8 Å². The molecule has 4 rings (SSSR count). The molecule has 7 nitrogen and oxygen atoms in total. The SMILES string of the molecule is CO[C@@H]1CC(c2ncc[nH]2)N(C(=O)c2cc(=O)c3ccc(F)cc3o2)C1. The number of benzene rings is 1. The number of H-pyrrole nitrogens is 1. The second-order valence-corrected chi connectivity index (χ2v) is 6.16. The van der Waals surface area contributed by atoms with E-state index >= 15 is 0 Å². The number of hydrogen-bond donors (Lipinski definition) is 1. The highest BCUT2D eigenvalue weighted by Gasteiger charge is 2.39. The Morgan fingerprint density at radius 1 is 1.42 bits per heavy atom. The van der Waals surface area contributed by atoms with E-state index in [4.69, 9.17) is 9.15 Å². The van der Waals surface area contributed by atoms with Crippen molar-refractivity contribution >= 4 is 16.9 Å². The molecule has 0 bridgehead atoms. The van der Waals surface area contributed by atoms with Gasteiger partial charge >= 0.3 is 0 Å². The molecule has 2 aromatic heterocycles. The molecule has 0 spiro atoms. The zero-order chi connectivity index (χ0) is 18.3. The third-order valence-electron chi connectivity index (χ3n) is 4.59. The fourth-order valence-corrected chi connectivity index (χ4v) is 3.29. The summed E-state index contributed by atoms with van der Waals surface area (Å²) in [5, 5.41) is 0.224. The number of nitrogens with one attached hydrogen (secondary N) is 1. The minimum atomic E-state index is -0.542. The number of ether oxygens (including phenoxy) is 1.